The first-order valence-electron chi connectivity index (χ1n) is 8.78. The van der Waals surface area contributed by atoms with Gasteiger partial charge in [0.15, 0.2) is 0 Å². The summed E-state index contributed by atoms with van der Waals surface area (Å²) in [5.41, 5.74) is 2.90. The third kappa shape index (κ3) is 3.61. The summed E-state index contributed by atoms with van der Waals surface area (Å²) in [4.78, 5) is 12.6. The van der Waals surface area contributed by atoms with Gasteiger partial charge in [-0.1, -0.05) is 25.8 Å². The lowest BCUT2D eigenvalue weighted by atomic mass is 10.2. The molecule has 0 aliphatic heterocycles. The fourth-order valence-corrected chi connectivity index (χ4v) is 3.12. The first kappa shape index (κ1) is 16.6. The number of hydrogen-bond acceptors (Lipinski definition) is 3. The highest BCUT2D eigenvalue weighted by atomic mass is 16.5. The molecule has 0 bridgehead atoms. The van der Waals surface area contributed by atoms with Crippen molar-refractivity contribution >= 4 is 11.7 Å². The van der Waals surface area contributed by atoms with Crippen LogP contribution in [0.3, 0.4) is 0 Å². The van der Waals surface area contributed by atoms with Crippen LogP contribution < -0.4 is 10.1 Å². The van der Waals surface area contributed by atoms with Crippen molar-refractivity contribution in [3.05, 3.63) is 41.1 Å². The summed E-state index contributed by atoms with van der Waals surface area (Å²) in [5.74, 6) is 1.45. The molecule has 2 aromatic rings. The molecule has 1 aromatic carbocycles. The van der Waals surface area contributed by atoms with E-state index in [4.69, 9.17) is 4.74 Å². The molecule has 0 saturated heterocycles. The molecule has 1 amide bonds. The number of anilines is 1. The van der Waals surface area contributed by atoms with E-state index in [-0.39, 0.29) is 5.91 Å². The van der Waals surface area contributed by atoms with Crippen LogP contribution in [0.5, 0.6) is 5.75 Å². The Morgan fingerprint density at radius 1 is 1.33 bits per heavy atom. The van der Waals surface area contributed by atoms with E-state index in [1.807, 2.05) is 25.2 Å². The number of fused-ring (bicyclic) bond motifs is 1. The number of rotatable bonds is 7. The van der Waals surface area contributed by atoms with Gasteiger partial charge in [0.2, 0.25) is 0 Å². The normalized spacial score (nSPS) is 12.9. The van der Waals surface area contributed by atoms with Crippen molar-refractivity contribution in [1.82, 2.24) is 9.78 Å². The van der Waals surface area contributed by atoms with Gasteiger partial charge in [0.25, 0.3) is 5.91 Å². The number of carbonyl (C=O) groups excluding carboxylic acids is 1. The Balaban J connectivity index is 1.67. The van der Waals surface area contributed by atoms with Gasteiger partial charge in [-0.15, -0.1) is 0 Å². The fourth-order valence-electron chi connectivity index (χ4n) is 3.12. The van der Waals surface area contributed by atoms with Gasteiger partial charge >= 0.3 is 0 Å². The number of aryl methyl sites for hydroxylation is 2. The smallest absolute Gasteiger partial charge is 0.256 e. The topological polar surface area (TPSA) is 56.1 Å². The molecule has 0 fully saturated rings. The minimum atomic E-state index is -0.119. The van der Waals surface area contributed by atoms with E-state index in [0.717, 1.165) is 49.4 Å². The largest absolute Gasteiger partial charge is 0.494 e. The number of carbonyl (C=O) groups is 1. The van der Waals surface area contributed by atoms with Crippen LogP contribution in [0.4, 0.5) is 5.82 Å². The molecule has 1 aliphatic rings. The fraction of sp³-hybridized carbons (Fsp3) is 0.474. The number of ether oxygens (including phenoxy) is 1. The van der Waals surface area contributed by atoms with Crippen LogP contribution in [0.1, 0.15) is 54.2 Å². The Morgan fingerprint density at radius 2 is 2.21 bits per heavy atom. The average Bonchev–Trinajstić information content (AvgIpc) is 3.14. The lowest BCUT2D eigenvalue weighted by molar-refractivity contribution is 0.102. The number of aromatic nitrogens is 2. The Hall–Kier alpha value is -2.30. The molecular weight excluding hydrogens is 302 g/mol. The quantitative estimate of drug-likeness (QED) is 0.788. The molecule has 1 aliphatic carbocycles. The SMILES string of the molecule is CCCCCOc1cccc(C(=O)Nc2c3c(nn2C)CCC3)c1. The van der Waals surface area contributed by atoms with Crippen molar-refractivity contribution in [1.29, 1.82) is 0 Å². The van der Waals surface area contributed by atoms with Crippen LogP contribution in [0.15, 0.2) is 24.3 Å². The summed E-state index contributed by atoms with van der Waals surface area (Å²) in [6, 6.07) is 7.37. The molecule has 0 unspecified atom stereocenters. The Morgan fingerprint density at radius 3 is 3.04 bits per heavy atom. The van der Waals surface area contributed by atoms with Crippen LogP contribution >= 0.6 is 0 Å². The third-order valence-corrected chi connectivity index (χ3v) is 4.41. The van der Waals surface area contributed by atoms with E-state index in [1.54, 1.807) is 10.7 Å². The van der Waals surface area contributed by atoms with Crippen molar-refractivity contribution in [2.45, 2.75) is 45.4 Å². The zero-order chi connectivity index (χ0) is 16.9. The maximum atomic E-state index is 12.6. The second kappa shape index (κ2) is 7.51. The molecule has 0 saturated carbocycles. The summed E-state index contributed by atoms with van der Waals surface area (Å²) in [5, 5.41) is 7.51. The van der Waals surface area contributed by atoms with Gasteiger partial charge in [0.05, 0.1) is 12.3 Å². The molecule has 0 atom stereocenters. The first-order valence-corrected chi connectivity index (χ1v) is 8.78. The number of hydrogen-bond donors (Lipinski definition) is 1. The Kier molecular flexibility index (Phi) is 5.18. The molecule has 5 nitrogen and oxygen atoms in total. The predicted octanol–water partition coefficient (Wildman–Crippen LogP) is 3.73. The summed E-state index contributed by atoms with van der Waals surface area (Å²) in [6.07, 6.45) is 6.46. The lowest BCUT2D eigenvalue weighted by Crippen LogP contribution is -2.15. The minimum absolute atomic E-state index is 0.119. The van der Waals surface area contributed by atoms with Gasteiger partial charge < -0.3 is 10.1 Å². The molecule has 1 heterocycles. The van der Waals surface area contributed by atoms with Crippen LogP contribution in [-0.4, -0.2) is 22.3 Å². The summed E-state index contributed by atoms with van der Waals surface area (Å²) >= 11 is 0. The summed E-state index contributed by atoms with van der Waals surface area (Å²) in [6.45, 7) is 2.86. The standard InChI is InChI=1S/C19H25N3O2/c1-3-4-5-12-24-15-9-6-8-14(13-15)19(23)20-18-16-10-7-11-17(16)21-22(18)2/h6,8-9,13H,3-5,7,10-12H2,1-2H3,(H,20,23). The highest BCUT2D eigenvalue weighted by molar-refractivity contribution is 6.04. The van der Waals surface area contributed by atoms with E-state index in [0.29, 0.717) is 12.2 Å². The van der Waals surface area contributed by atoms with E-state index in [1.165, 1.54) is 12.0 Å². The summed E-state index contributed by atoms with van der Waals surface area (Å²) in [7, 11) is 1.88. The second-order valence-corrected chi connectivity index (χ2v) is 6.29. The van der Waals surface area contributed by atoms with Crippen molar-refractivity contribution in [2.75, 3.05) is 11.9 Å². The van der Waals surface area contributed by atoms with Gasteiger partial charge in [0.1, 0.15) is 11.6 Å². The number of amides is 1. The molecule has 0 spiro atoms. The molecule has 24 heavy (non-hydrogen) atoms. The van der Waals surface area contributed by atoms with Gasteiger partial charge in [-0.2, -0.15) is 5.10 Å². The Labute approximate surface area is 143 Å². The van der Waals surface area contributed by atoms with Crippen LogP contribution in [-0.2, 0) is 19.9 Å². The minimum Gasteiger partial charge on any atom is -0.494 e. The van der Waals surface area contributed by atoms with E-state index in [2.05, 4.69) is 17.3 Å². The molecule has 1 aromatic heterocycles. The second-order valence-electron chi connectivity index (χ2n) is 6.29. The van der Waals surface area contributed by atoms with Crippen molar-refractivity contribution < 1.29 is 9.53 Å². The monoisotopic (exact) mass is 327 g/mol. The number of nitrogens with one attached hydrogen (secondary N) is 1. The Bertz CT molecular complexity index is 721. The van der Waals surface area contributed by atoms with Gasteiger partial charge in [-0.05, 0) is 43.9 Å². The lowest BCUT2D eigenvalue weighted by Gasteiger charge is -2.10. The number of unbranched alkanes of at least 4 members (excludes halogenated alkanes) is 2. The highest BCUT2D eigenvalue weighted by Crippen LogP contribution is 2.28. The molecule has 1 N–H and O–H groups in total. The summed E-state index contributed by atoms with van der Waals surface area (Å²) < 4.78 is 7.50. The predicted molar refractivity (Wildman–Crippen MR) is 94.6 cm³/mol. The molecular formula is C19H25N3O2. The van der Waals surface area contributed by atoms with E-state index >= 15 is 0 Å². The molecule has 3 rings (SSSR count). The highest BCUT2D eigenvalue weighted by Gasteiger charge is 2.22. The van der Waals surface area contributed by atoms with Crippen molar-refractivity contribution in [3.63, 3.8) is 0 Å². The van der Waals surface area contributed by atoms with E-state index < -0.39 is 0 Å². The van der Waals surface area contributed by atoms with Gasteiger partial charge in [-0.3, -0.25) is 9.48 Å². The van der Waals surface area contributed by atoms with Crippen LogP contribution in [0.2, 0.25) is 0 Å². The number of benzene rings is 1. The van der Waals surface area contributed by atoms with Crippen LogP contribution in [0, 0.1) is 0 Å². The van der Waals surface area contributed by atoms with Crippen molar-refractivity contribution in [3.8, 4) is 5.75 Å². The van der Waals surface area contributed by atoms with Gasteiger partial charge in [0, 0.05) is 18.2 Å². The molecule has 5 heteroatoms. The van der Waals surface area contributed by atoms with Crippen LogP contribution in [0.25, 0.3) is 0 Å². The number of nitrogens with zero attached hydrogens (tertiary/aromatic N) is 2. The third-order valence-electron chi connectivity index (χ3n) is 4.41. The maximum absolute atomic E-state index is 12.6. The zero-order valence-corrected chi connectivity index (χ0v) is 14.5. The first-order chi connectivity index (χ1) is 11.7. The molecule has 0 radical (unpaired) electrons. The van der Waals surface area contributed by atoms with Gasteiger partial charge in [-0.25, -0.2) is 0 Å². The average molecular weight is 327 g/mol. The maximum Gasteiger partial charge on any atom is 0.256 e. The van der Waals surface area contributed by atoms with E-state index in [9.17, 15) is 4.79 Å². The van der Waals surface area contributed by atoms with Crippen molar-refractivity contribution in [2.24, 2.45) is 7.05 Å². The molecule has 128 valence electrons. The zero-order valence-electron chi connectivity index (χ0n) is 14.5.